The Bertz CT molecular complexity index is 1170. The molecule has 2 aromatic carbocycles. The van der Waals surface area contributed by atoms with Crippen LogP contribution in [0.5, 0.6) is 11.5 Å². The van der Waals surface area contributed by atoms with Crippen LogP contribution in [0.2, 0.25) is 0 Å². The van der Waals surface area contributed by atoms with E-state index in [1.54, 1.807) is 18.0 Å². The van der Waals surface area contributed by atoms with Crippen LogP contribution in [0.4, 0.5) is 10.6 Å². The Hall–Kier alpha value is -4.14. The molecule has 3 N–H and O–H groups in total. The lowest BCUT2D eigenvalue weighted by molar-refractivity contribution is 0.231. The van der Waals surface area contributed by atoms with Crippen molar-refractivity contribution in [3.05, 3.63) is 71.7 Å². The highest BCUT2D eigenvalue weighted by Crippen LogP contribution is 2.22. The molecular formula is C23H24N6O3. The van der Waals surface area contributed by atoms with Gasteiger partial charge in [-0.1, -0.05) is 24.3 Å². The van der Waals surface area contributed by atoms with E-state index in [0.717, 1.165) is 22.6 Å². The molecule has 0 spiro atoms. The van der Waals surface area contributed by atoms with Gasteiger partial charge >= 0.3 is 6.03 Å². The van der Waals surface area contributed by atoms with E-state index in [4.69, 9.17) is 20.6 Å². The van der Waals surface area contributed by atoms with Crippen molar-refractivity contribution < 1.29 is 14.3 Å². The third-order valence-corrected chi connectivity index (χ3v) is 5.12. The molecule has 9 heteroatoms. The van der Waals surface area contributed by atoms with Gasteiger partial charge in [-0.3, -0.25) is 10.3 Å². The van der Waals surface area contributed by atoms with Crippen molar-refractivity contribution in [1.29, 1.82) is 5.41 Å². The number of benzene rings is 2. The van der Waals surface area contributed by atoms with E-state index in [0.29, 0.717) is 24.7 Å². The number of aromatic nitrogens is 2. The van der Waals surface area contributed by atoms with Crippen molar-refractivity contribution in [3.8, 4) is 11.5 Å². The van der Waals surface area contributed by atoms with Crippen LogP contribution in [0.1, 0.15) is 23.7 Å². The van der Waals surface area contributed by atoms with Crippen LogP contribution in [-0.4, -0.2) is 45.7 Å². The fraction of sp³-hybridized carbons (Fsp3) is 0.217. The second kappa shape index (κ2) is 8.93. The summed E-state index contributed by atoms with van der Waals surface area (Å²) in [6.45, 7) is 3.22. The summed E-state index contributed by atoms with van der Waals surface area (Å²) >= 11 is 0. The van der Waals surface area contributed by atoms with Crippen LogP contribution in [0.3, 0.4) is 0 Å². The van der Waals surface area contributed by atoms with E-state index >= 15 is 0 Å². The molecule has 3 aromatic rings. The zero-order chi connectivity index (χ0) is 22.7. The number of nitrogens with zero attached hydrogens (tertiary/aromatic N) is 4. The summed E-state index contributed by atoms with van der Waals surface area (Å²) in [5, 5.41) is 8.49. The first-order chi connectivity index (χ1) is 15.5. The molecule has 0 unspecified atom stereocenters. The SMILES string of the molecule is CCOc1ccc(CN2C(=N)C(c3ncn(Cc4ccc(OC)cc4)c3N)=NC2=O)cc1. The molecule has 1 aliphatic rings. The molecule has 0 aliphatic carbocycles. The lowest BCUT2D eigenvalue weighted by atomic mass is 10.2. The highest BCUT2D eigenvalue weighted by atomic mass is 16.5. The summed E-state index contributed by atoms with van der Waals surface area (Å²) in [6.07, 6.45) is 1.59. The summed E-state index contributed by atoms with van der Waals surface area (Å²) in [6, 6.07) is 14.5. The number of carbonyl (C=O) groups is 1. The molecular weight excluding hydrogens is 408 g/mol. The van der Waals surface area contributed by atoms with Crippen LogP contribution in [0.15, 0.2) is 59.9 Å². The van der Waals surface area contributed by atoms with Gasteiger partial charge in [0.15, 0.2) is 5.84 Å². The van der Waals surface area contributed by atoms with E-state index in [1.165, 1.54) is 4.90 Å². The lowest BCUT2D eigenvalue weighted by Crippen LogP contribution is -2.32. The van der Waals surface area contributed by atoms with Crippen LogP contribution in [0, 0.1) is 5.41 Å². The minimum absolute atomic E-state index is 0.0229. The first kappa shape index (κ1) is 21.1. The monoisotopic (exact) mass is 432 g/mol. The zero-order valence-electron chi connectivity index (χ0n) is 17.9. The predicted octanol–water partition coefficient (Wildman–Crippen LogP) is 3.32. The molecule has 0 radical (unpaired) electrons. The number of hydrogen-bond acceptors (Lipinski definition) is 6. The Labute approximate surface area is 185 Å². The van der Waals surface area contributed by atoms with Crippen LogP contribution >= 0.6 is 0 Å². The lowest BCUT2D eigenvalue weighted by Gasteiger charge is -2.15. The molecule has 9 nitrogen and oxygen atoms in total. The first-order valence-corrected chi connectivity index (χ1v) is 10.1. The van der Waals surface area contributed by atoms with E-state index in [1.807, 2.05) is 55.5 Å². The molecule has 4 rings (SSSR count). The normalized spacial score (nSPS) is 13.4. The predicted molar refractivity (Wildman–Crippen MR) is 122 cm³/mol. The average molecular weight is 432 g/mol. The topological polar surface area (TPSA) is 119 Å². The van der Waals surface area contributed by atoms with Crippen LogP contribution < -0.4 is 15.2 Å². The molecule has 0 fully saturated rings. The number of imidazole rings is 1. The van der Waals surface area contributed by atoms with E-state index in [9.17, 15) is 4.79 Å². The standard InChI is InChI=1S/C23H24N6O3/c1-3-32-18-10-6-16(7-11-18)13-29-22(25)20(27-23(29)30)19-21(24)28(14-26-19)12-15-4-8-17(31-2)9-5-15/h4-11,14,25H,3,12-13,24H2,1-2H3. The molecule has 0 saturated carbocycles. The van der Waals surface area contributed by atoms with Crippen LogP contribution in [0.25, 0.3) is 0 Å². The van der Waals surface area contributed by atoms with Gasteiger partial charge in [0.1, 0.15) is 28.7 Å². The van der Waals surface area contributed by atoms with Crippen LogP contribution in [-0.2, 0) is 13.1 Å². The Kier molecular flexibility index (Phi) is 5.89. The fourth-order valence-corrected chi connectivity index (χ4v) is 3.41. The van der Waals surface area contributed by atoms with Gasteiger partial charge in [0.05, 0.1) is 33.1 Å². The largest absolute Gasteiger partial charge is 0.497 e. The Morgan fingerprint density at radius 2 is 1.62 bits per heavy atom. The summed E-state index contributed by atoms with van der Waals surface area (Å²) in [4.78, 5) is 22.2. The smallest absolute Gasteiger partial charge is 0.350 e. The third-order valence-electron chi connectivity index (χ3n) is 5.12. The fourth-order valence-electron chi connectivity index (χ4n) is 3.41. The van der Waals surface area contributed by atoms with E-state index in [2.05, 4.69) is 9.98 Å². The van der Waals surface area contributed by atoms with Gasteiger partial charge in [0.25, 0.3) is 0 Å². The summed E-state index contributed by atoms with van der Waals surface area (Å²) in [7, 11) is 1.62. The van der Waals surface area contributed by atoms with Crippen molar-refractivity contribution in [1.82, 2.24) is 14.5 Å². The molecule has 2 heterocycles. The third kappa shape index (κ3) is 4.18. The number of methoxy groups -OCH3 is 1. The molecule has 1 aliphatic heterocycles. The van der Waals surface area contributed by atoms with Gasteiger partial charge in [-0.2, -0.15) is 4.99 Å². The maximum Gasteiger partial charge on any atom is 0.350 e. The number of nitrogen functional groups attached to an aromatic ring is 1. The highest BCUT2D eigenvalue weighted by molar-refractivity contribution is 6.52. The summed E-state index contributed by atoms with van der Waals surface area (Å²) < 4.78 is 12.4. The Balaban J connectivity index is 1.48. The second-order valence-electron chi connectivity index (χ2n) is 7.21. The van der Waals surface area contributed by atoms with Crippen molar-refractivity contribution in [3.63, 3.8) is 0 Å². The van der Waals surface area contributed by atoms with Gasteiger partial charge in [-0.25, -0.2) is 9.78 Å². The number of aliphatic imine (C=N–C) groups is 1. The summed E-state index contributed by atoms with van der Waals surface area (Å²) in [5.41, 5.74) is 8.66. The van der Waals surface area contributed by atoms with Gasteiger partial charge in [0.2, 0.25) is 0 Å². The quantitative estimate of drug-likeness (QED) is 0.566. The minimum Gasteiger partial charge on any atom is -0.497 e. The number of carbonyl (C=O) groups excluding carboxylic acids is 1. The molecule has 0 bridgehead atoms. The van der Waals surface area contributed by atoms with Crippen molar-refractivity contribution in [2.75, 3.05) is 19.5 Å². The van der Waals surface area contributed by atoms with Crippen molar-refractivity contribution in [2.45, 2.75) is 20.0 Å². The maximum absolute atomic E-state index is 12.5. The van der Waals surface area contributed by atoms with Gasteiger partial charge in [0, 0.05) is 0 Å². The first-order valence-electron chi connectivity index (χ1n) is 10.1. The molecule has 0 atom stereocenters. The minimum atomic E-state index is -0.511. The number of amides is 2. The molecule has 2 amide bonds. The number of rotatable bonds is 8. The van der Waals surface area contributed by atoms with Gasteiger partial charge < -0.3 is 19.8 Å². The van der Waals surface area contributed by atoms with Gasteiger partial charge in [-0.15, -0.1) is 0 Å². The Morgan fingerprint density at radius 1 is 1.00 bits per heavy atom. The number of hydrogen-bond donors (Lipinski definition) is 2. The second-order valence-corrected chi connectivity index (χ2v) is 7.21. The molecule has 32 heavy (non-hydrogen) atoms. The number of anilines is 1. The Morgan fingerprint density at radius 3 is 2.25 bits per heavy atom. The zero-order valence-corrected chi connectivity index (χ0v) is 17.9. The maximum atomic E-state index is 12.5. The van der Waals surface area contributed by atoms with Gasteiger partial charge in [-0.05, 0) is 42.3 Å². The van der Waals surface area contributed by atoms with E-state index < -0.39 is 6.03 Å². The number of nitrogens with two attached hydrogens (primary N) is 1. The average Bonchev–Trinajstić information content (AvgIpc) is 3.29. The molecule has 164 valence electrons. The number of nitrogens with one attached hydrogen (secondary N) is 1. The highest BCUT2D eigenvalue weighted by Gasteiger charge is 2.33. The van der Waals surface area contributed by atoms with E-state index in [-0.39, 0.29) is 18.1 Å². The molecule has 0 saturated heterocycles. The number of urea groups is 1. The van der Waals surface area contributed by atoms with Crippen molar-refractivity contribution in [2.24, 2.45) is 4.99 Å². The number of amidine groups is 1. The molecule has 1 aromatic heterocycles. The number of ether oxygens (including phenoxy) is 2. The summed E-state index contributed by atoms with van der Waals surface area (Å²) in [5.74, 6) is 1.85. The van der Waals surface area contributed by atoms with Crippen molar-refractivity contribution >= 4 is 23.4 Å².